The predicted octanol–water partition coefficient (Wildman–Crippen LogP) is 5.47. The third-order valence-electron chi connectivity index (χ3n) is 3.66. The minimum atomic E-state index is -0.464. The molecule has 29 heavy (non-hydrogen) atoms. The number of para-hydroxylation sites is 2. The molecule has 0 unspecified atom stereocenters. The fourth-order valence-corrected chi connectivity index (χ4v) is 2.85. The maximum absolute atomic E-state index is 11.2. The van der Waals surface area contributed by atoms with E-state index >= 15 is 0 Å². The topological polar surface area (TPSA) is 71.1 Å². The zero-order valence-corrected chi connectivity index (χ0v) is 17.7. The van der Waals surface area contributed by atoms with Crippen LogP contribution in [0.4, 0.5) is 0 Å². The molecule has 0 radical (unpaired) electrons. The molecule has 2 aromatic carbocycles. The van der Waals surface area contributed by atoms with E-state index in [2.05, 4.69) is 0 Å². The highest BCUT2D eigenvalue weighted by Crippen LogP contribution is 2.36. The third kappa shape index (κ3) is 7.48. The van der Waals surface area contributed by atoms with E-state index in [0.717, 1.165) is 19.3 Å². The standard InChI is InChI=1S/C21H22Cl2O6/c1-14(24)28-20-16(22)8-6-10-18(20)26-12-4-3-5-13-27-19-11-7-9-17(23)21(19)29-15(2)25/h6-11H,3-5,12-13H2,1-2H3. The molecule has 0 fully saturated rings. The summed E-state index contributed by atoms with van der Waals surface area (Å²) in [5, 5.41) is 0.632. The Morgan fingerprint density at radius 2 is 1.14 bits per heavy atom. The van der Waals surface area contributed by atoms with Crippen molar-refractivity contribution in [3.05, 3.63) is 46.4 Å². The summed E-state index contributed by atoms with van der Waals surface area (Å²) in [7, 11) is 0. The van der Waals surface area contributed by atoms with E-state index in [1.165, 1.54) is 13.8 Å². The van der Waals surface area contributed by atoms with E-state index in [9.17, 15) is 9.59 Å². The number of unbranched alkanes of at least 4 members (excludes halogenated alkanes) is 2. The summed E-state index contributed by atoms with van der Waals surface area (Å²) in [6.45, 7) is 3.48. The van der Waals surface area contributed by atoms with Crippen LogP contribution in [0.3, 0.4) is 0 Å². The lowest BCUT2D eigenvalue weighted by molar-refractivity contribution is -0.132. The van der Waals surface area contributed by atoms with Crippen molar-refractivity contribution in [1.82, 2.24) is 0 Å². The van der Waals surface area contributed by atoms with Gasteiger partial charge >= 0.3 is 11.9 Å². The Morgan fingerprint density at radius 3 is 1.52 bits per heavy atom. The van der Waals surface area contributed by atoms with Crippen molar-refractivity contribution >= 4 is 35.1 Å². The largest absolute Gasteiger partial charge is 0.490 e. The van der Waals surface area contributed by atoms with Crippen LogP contribution < -0.4 is 18.9 Å². The second kappa shape index (κ2) is 11.5. The Balaban J connectivity index is 1.75. The molecule has 6 nitrogen and oxygen atoms in total. The maximum atomic E-state index is 11.2. The lowest BCUT2D eigenvalue weighted by Crippen LogP contribution is -2.07. The number of halogens is 2. The summed E-state index contributed by atoms with van der Waals surface area (Å²) in [4.78, 5) is 22.4. The Labute approximate surface area is 179 Å². The summed E-state index contributed by atoms with van der Waals surface area (Å²) < 4.78 is 21.6. The Morgan fingerprint density at radius 1 is 0.724 bits per heavy atom. The summed E-state index contributed by atoms with van der Waals surface area (Å²) >= 11 is 12.1. The monoisotopic (exact) mass is 440 g/mol. The third-order valence-corrected chi connectivity index (χ3v) is 4.25. The molecule has 0 bridgehead atoms. The van der Waals surface area contributed by atoms with Gasteiger partial charge in [-0.05, 0) is 43.5 Å². The highest BCUT2D eigenvalue weighted by molar-refractivity contribution is 6.32. The minimum absolute atomic E-state index is 0.226. The fourth-order valence-electron chi connectivity index (χ4n) is 2.44. The highest BCUT2D eigenvalue weighted by Gasteiger charge is 2.13. The molecule has 0 saturated heterocycles. The molecule has 0 aliphatic heterocycles. The van der Waals surface area contributed by atoms with Gasteiger partial charge in [-0.1, -0.05) is 35.3 Å². The highest BCUT2D eigenvalue weighted by atomic mass is 35.5. The van der Waals surface area contributed by atoms with Gasteiger partial charge in [-0.15, -0.1) is 0 Å². The van der Waals surface area contributed by atoms with Gasteiger partial charge in [0.25, 0.3) is 0 Å². The molecule has 8 heteroatoms. The van der Waals surface area contributed by atoms with E-state index in [1.54, 1.807) is 36.4 Å². The average Bonchev–Trinajstić information content (AvgIpc) is 2.65. The number of benzene rings is 2. The van der Waals surface area contributed by atoms with E-state index in [4.69, 9.17) is 42.1 Å². The van der Waals surface area contributed by atoms with Crippen molar-refractivity contribution < 1.29 is 28.5 Å². The van der Waals surface area contributed by atoms with Gasteiger partial charge in [-0.3, -0.25) is 9.59 Å². The number of hydrogen-bond acceptors (Lipinski definition) is 6. The first-order valence-corrected chi connectivity index (χ1v) is 9.83. The lowest BCUT2D eigenvalue weighted by Gasteiger charge is -2.13. The Hall–Kier alpha value is -2.44. The van der Waals surface area contributed by atoms with Crippen LogP contribution >= 0.6 is 23.2 Å². The molecule has 0 spiro atoms. The summed E-state index contributed by atoms with van der Waals surface area (Å²) in [6, 6.07) is 10.1. The van der Waals surface area contributed by atoms with Crippen molar-refractivity contribution in [2.75, 3.05) is 13.2 Å². The van der Waals surface area contributed by atoms with Crippen LogP contribution in [-0.4, -0.2) is 25.2 Å². The molecular formula is C21H22Cl2O6. The molecule has 0 aliphatic carbocycles. The number of carbonyl (C=O) groups excluding carboxylic acids is 2. The first-order chi connectivity index (χ1) is 13.9. The number of hydrogen-bond donors (Lipinski definition) is 0. The first kappa shape index (κ1) is 22.8. The SMILES string of the molecule is CC(=O)Oc1c(Cl)cccc1OCCCCCOc1cccc(Cl)c1OC(C)=O. The zero-order chi connectivity index (χ0) is 21.2. The van der Waals surface area contributed by atoms with Gasteiger partial charge in [0.2, 0.25) is 0 Å². The van der Waals surface area contributed by atoms with Gasteiger partial charge in [0, 0.05) is 13.8 Å². The molecule has 0 aromatic heterocycles. The number of rotatable bonds is 10. The van der Waals surface area contributed by atoms with Crippen LogP contribution in [0.25, 0.3) is 0 Å². The number of carbonyl (C=O) groups is 2. The summed E-state index contributed by atoms with van der Waals surface area (Å²) in [5.41, 5.74) is 0. The molecule has 0 atom stereocenters. The van der Waals surface area contributed by atoms with E-state index in [-0.39, 0.29) is 11.5 Å². The zero-order valence-electron chi connectivity index (χ0n) is 16.2. The van der Waals surface area contributed by atoms with Crippen molar-refractivity contribution in [3.63, 3.8) is 0 Å². The molecule has 0 heterocycles. The summed E-state index contributed by atoms with van der Waals surface area (Å²) in [5.74, 6) is 0.374. The first-order valence-electron chi connectivity index (χ1n) is 9.08. The predicted molar refractivity (Wildman–Crippen MR) is 110 cm³/mol. The minimum Gasteiger partial charge on any atom is -0.490 e. The maximum Gasteiger partial charge on any atom is 0.308 e. The van der Waals surface area contributed by atoms with Crippen LogP contribution in [0, 0.1) is 0 Å². The van der Waals surface area contributed by atoms with Crippen molar-refractivity contribution in [1.29, 1.82) is 0 Å². The van der Waals surface area contributed by atoms with Crippen LogP contribution in [0.15, 0.2) is 36.4 Å². The molecule has 2 aromatic rings. The van der Waals surface area contributed by atoms with Crippen LogP contribution in [-0.2, 0) is 9.59 Å². The Bertz CT molecular complexity index is 784. The van der Waals surface area contributed by atoms with Gasteiger partial charge in [-0.25, -0.2) is 0 Å². The number of esters is 2. The average molecular weight is 441 g/mol. The van der Waals surface area contributed by atoms with Gasteiger partial charge in [0.15, 0.2) is 23.0 Å². The van der Waals surface area contributed by atoms with Gasteiger partial charge in [0.05, 0.1) is 23.3 Å². The fraction of sp³-hybridized carbons (Fsp3) is 0.333. The van der Waals surface area contributed by atoms with E-state index in [0.29, 0.717) is 34.8 Å². The van der Waals surface area contributed by atoms with Crippen molar-refractivity contribution in [2.45, 2.75) is 33.1 Å². The molecule has 2 rings (SSSR count). The van der Waals surface area contributed by atoms with E-state index in [1.807, 2.05) is 0 Å². The van der Waals surface area contributed by atoms with Crippen molar-refractivity contribution in [2.24, 2.45) is 0 Å². The quantitative estimate of drug-likeness (QED) is 0.277. The molecular weight excluding hydrogens is 419 g/mol. The van der Waals surface area contributed by atoms with Crippen molar-refractivity contribution in [3.8, 4) is 23.0 Å². The Kier molecular flexibility index (Phi) is 9.09. The van der Waals surface area contributed by atoms with E-state index < -0.39 is 11.9 Å². The van der Waals surface area contributed by atoms with Crippen LogP contribution in [0.5, 0.6) is 23.0 Å². The molecule has 0 saturated carbocycles. The smallest absolute Gasteiger partial charge is 0.308 e. The van der Waals surface area contributed by atoms with Gasteiger partial charge in [-0.2, -0.15) is 0 Å². The second-order valence-corrected chi connectivity index (χ2v) is 6.89. The molecule has 0 N–H and O–H groups in total. The molecule has 156 valence electrons. The number of ether oxygens (including phenoxy) is 4. The van der Waals surface area contributed by atoms with Gasteiger partial charge < -0.3 is 18.9 Å². The second-order valence-electron chi connectivity index (χ2n) is 6.08. The van der Waals surface area contributed by atoms with Crippen LogP contribution in [0.1, 0.15) is 33.1 Å². The molecule has 0 aliphatic rings. The normalized spacial score (nSPS) is 10.3. The molecule has 0 amide bonds. The summed E-state index contributed by atoms with van der Waals surface area (Å²) in [6.07, 6.45) is 2.37. The lowest BCUT2D eigenvalue weighted by atomic mass is 10.2. The van der Waals surface area contributed by atoms with Crippen LogP contribution in [0.2, 0.25) is 10.0 Å². The van der Waals surface area contributed by atoms with Gasteiger partial charge in [0.1, 0.15) is 0 Å².